The quantitative estimate of drug-likeness (QED) is 0.445. The Morgan fingerprint density at radius 1 is 0.783 bits per heavy atom. The first-order valence-corrected chi connectivity index (χ1v) is 7.85. The minimum atomic E-state index is -0.584. The molecule has 0 atom stereocenters. The average Bonchev–Trinajstić information content (AvgIpc) is 2.61. The van der Waals surface area contributed by atoms with E-state index in [0.29, 0.717) is 22.9 Å². The Morgan fingerprint density at radius 2 is 1.22 bits per heavy atom. The van der Waals surface area contributed by atoms with Gasteiger partial charge in [0.2, 0.25) is 6.79 Å². The molecule has 0 amide bonds. The Labute approximate surface area is 143 Å². The largest absolute Gasteiger partial charge is 0.424 e. The highest BCUT2D eigenvalue weighted by Gasteiger charge is 2.11. The van der Waals surface area contributed by atoms with Gasteiger partial charge in [-0.2, -0.15) is 0 Å². The van der Waals surface area contributed by atoms with E-state index >= 15 is 0 Å². The predicted molar refractivity (Wildman–Crippen MR) is 87.7 cm³/mol. The molecule has 0 spiro atoms. The van der Waals surface area contributed by atoms with Crippen molar-refractivity contribution in [2.75, 3.05) is 6.79 Å². The van der Waals surface area contributed by atoms with Crippen molar-refractivity contribution in [2.45, 2.75) is 11.8 Å². The van der Waals surface area contributed by atoms with Crippen LogP contribution in [0.5, 0.6) is 0 Å². The molecule has 0 aliphatic heterocycles. The predicted octanol–water partition coefficient (Wildman–Crippen LogP) is 4.14. The summed E-state index contributed by atoms with van der Waals surface area (Å²) >= 11 is 11.4. The van der Waals surface area contributed by atoms with Gasteiger partial charge in [-0.05, 0) is 35.4 Å². The molecule has 6 heteroatoms. The van der Waals surface area contributed by atoms with Crippen LogP contribution in [0.2, 0.25) is 0 Å². The first-order chi connectivity index (χ1) is 11.1. The highest BCUT2D eigenvalue weighted by molar-refractivity contribution is 6.17. The van der Waals surface area contributed by atoms with Gasteiger partial charge in [-0.1, -0.05) is 24.3 Å². The maximum atomic E-state index is 11.9. The second-order valence-electron chi connectivity index (χ2n) is 4.65. The summed E-state index contributed by atoms with van der Waals surface area (Å²) in [7, 11) is 0. The molecule has 0 aliphatic carbocycles. The van der Waals surface area contributed by atoms with E-state index < -0.39 is 18.7 Å². The third kappa shape index (κ3) is 4.98. The Bertz CT molecular complexity index is 641. The van der Waals surface area contributed by atoms with Crippen molar-refractivity contribution >= 4 is 35.1 Å². The number of hydrogen-bond donors (Lipinski definition) is 0. The van der Waals surface area contributed by atoms with E-state index in [1.165, 1.54) is 0 Å². The van der Waals surface area contributed by atoms with E-state index in [4.69, 9.17) is 32.7 Å². The number of alkyl halides is 2. The van der Waals surface area contributed by atoms with Crippen LogP contribution in [-0.4, -0.2) is 18.7 Å². The summed E-state index contributed by atoms with van der Waals surface area (Å²) in [5, 5.41) is 0. The molecule has 0 aromatic heterocycles. The SMILES string of the molecule is O=C(OCOC(=O)c1cccc(CCl)c1)c1cccc(CCl)c1. The molecule has 0 saturated heterocycles. The maximum Gasteiger partial charge on any atom is 0.341 e. The Kier molecular flexibility index (Phi) is 6.44. The van der Waals surface area contributed by atoms with E-state index in [2.05, 4.69) is 0 Å². The number of ether oxygens (including phenoxy) is 2. The highest BCUT2D eigenvalue weighted by atomic mass is 35.5. The highest BCUT2D eigenvalue weighted by Crippen LogP contribution is 2.11. The summed E-state index contributed by atoms with van der Waals surface area (Å²) < 4.78 is 9.85. The first-order valence-electron chi connectivity index (χ1n) is 6.78. The molecule has 0 heterocycles. The van der Waals surface area contributed by atoms with Gasteiger partial charge in [0.05, 0.1) is 11.1 Å². The summed E-state index contributed by atoms with van der Waals surface area (Å²) in [5.41, 5.74) is 2.30. The normalized spacial score (nSPS) is 10.2. The molecule has 0 bridgehead atoms. The summed E-state index contributed by atoms with van der Waals surface area (Å²) in [6.45, 7) is -0.464. The molecular formula is C17H14Cl2O4. The number of carbonyl (C=O) groups is 2. The van der Waals surface area contributed by atoms with Crippen molar-refractivity contribution in [3.63, 3.8) is 0 Å². The fraction of sp³-hybridized carbons (Fsp3) is 0.176. The number of hydrogen-bond acceptors (Lipinski definition) is 4. The fourth-order valence-electron chi connectivity index (χ4n) is 1.87. The summed E-state index contributed by atoms with van der Waals surface area (Å²) in [6.07, 6.45) is 0. The molecule has 0 unspecified atom stereocenters. The standard InChI is InChI=1S/C17H14Cl2O4/c18-9-12-3-1-5-14(7-12)16(20)22-11-23-17(21)15-6-2-4-13(8-15)10-19/h1-8H,9-11H2. The molecule has 2 aromatic carbocycles. The fourth-order valence-corrected chi connectivity index (χ4v) is 2.20. The van der Waals surface area contributed by atoms with Crippen LogP contribution in [0.25, 0.3) is 0 Å². The smallest absolute Gasteiger partial charge is 0.341 e. The van der Waals surface area contributed by atoms with Crippen LogP contribution in [0.1, 0.15) is 31.8 Å². The molecule has 4 nitrogen and oxygen atoms in total. The molecule has 0 saturated carbocycles. The van der Waals surface area contributed by atoms with Crippen molar-refractivity contribution < 1.29 is 19.1 Å². The van der Waals surface area contributed by atoms with E-state index in [1.807, 2.05) is 0 Å². The van der Waals surface area contributed by atoms with Crippen molar-refractivity contribution in [3.8, 4) is 0 Å². The topological polar surface area (TPSA) is 52.6 Å². The number of halogens is 2. The molecule has 120 valence electrons. The van der Waals surface area contributed by atoms with E-state index in [0.717, 1.165) is 11.1 Å². The molecular weight excluding hydrogens is 339 g/mol. The van der Waals surface area contributed by atoms with Crippen LogP contribution < -0.4 is 0 Å². The van der Waals surface area contributed by atoms with E-state index in [-0.39, 0.29) is 0 Å². The maximum absolute atomic E-state index is 11.9. The van der Waals surface area contributed by atoms with Gasteiger partial charge in [0.1, 0.15) is 0 Å². The molecule has 0 N–H and O–H groups in total. The van der Waals surface area contributed by atoms with Gasteiger partial charge in [0, 0.05) is 11.8 Å². The van der Waals surface area contributed by atoms with Gasteiger partial charge >= 0.3 is 11.9 Å². The van der Waals surface area contributed by atoms with Crippen molar-refractivity contribution in [1.82, 2.24) is 0 Å². The van der Waals surface area contributed by atoms with Crippen LogP contribution in [0.4, 0.5) is 0 Å². The van der Waals surface area contributed by atoms with Crippen LogP contribution in [0.15, 0.2) is 48.5 Å². The second-order valence-corrected chi connectivity index (χ2v) is 5.18. The van der Waals surface area contributed by atoms with E-state index in [1.54, 1.807) is 48.5 Å². The molecule has 2 aromatic rings. The lowest BCUT2D eigenvalue weighted by Crippen LogP contribution is -2.13. The lowest BCUT2D eigenvalue weighted by molar-refractivity contribution is -0.0167. The zero-order valence-corrected chi connectivity index (χ0v) is 13.6. The molecule has 2 rings (SSSR count). The Morgan fingerprint density at radius 3 is 1.61 bits per heavy atom. The van der Waals surface area contributed by atoms with Crippen LogP contribution in [0.3, 0.4) is 0 Å². The number of carbonyl (C=O) groups excluding carboxylic acids is 2. The third-order valence-corrected chi connectivity index (χ3v) is 3.63. The molecule has 0 aliphatic rings. The van der Waals surface area contributed by atoms with Gasteiger partial charge in [-0.3, -0.25) is 0 Å². The van der Waals surface area contributed by atoms with E-state index in [9.17, 15) is 9.59 Å². The number of rotatable bonds is 6. The van der Waals surface area contributed by atoms with Gasteiger partial charge in [0.25, 0.3) is 0 Å². The first kappa shape index (κ1) is 17.3. The van der Waals surface area contributed by atoms with Gasteiger partial charge in [-0.15, -0.1) is 23.2 Å². The average molecular weight is 353 g/mol. The Hall–Kier alpha value is -2.04. The van der Waals surface area contributed by atoms with Crippen molar-refractivity contribution in [3.05, 3.63) is 70.8 Å². The molecule has 0 radical (unpaired) electrons. The van der Waals surface area contributed by atoms with Crippen molar-refractivity contribution in [1.29, 1.82) is 0 Å². The summed E-state index contributed by atoms with van der Waals surface area (Å²) in [5.74, 6) is -0.571. The van der Waals surface area contributed by atoms with Crippen molar-refractivity contribution in [2.24, 2.45) is 0 Å². The minimum absolute atomic E-state index is 0.299. The molecule has 23 heavy (non-hydrogen) atoms. The van der Waals surface area contributed by atoms with Gasteiger partial charge in [-0.25, -0.2) is 9.59 Å². The second kappa shape index (κ2) is 8.56. The van der Waals surface area contributed by atoms with Crippen LogP contribution >= 0.6 is 23.2 Å². The number of esters is 2. The van der Waals surface area contributed by atoms with Crippen LogP contribution in [-0.2, 0) is 21.2 Å². The monoisotopic (exact) mass is 352 g/mol. The summed E-state index contributed by atoms with van der Waals surface area (Å²) in [6, 6.07) is 13.5. The summed E-state index contributed by atoms with van der Waals surface area (Å²) in [4.78, 5) is 23.7. The lowest BCUT2D eigenvalue weighted by Gasteiger charge is -2.07. The Balaban J connectivity index is 1.88. The van der Waals surface area contributed by atoms with Crippen LogP contribution in [0, 0.1) is 0 Å². The number of benzene rings is 2. The molecule has 0 fully saturated rings. The zero-order chi connectivity index (χ0) is 16.7. The lowest BCUT2D eigenvalue weighted by atomic mass is 10.1. The van der Waals surface area contributed by atoms with Gasteiger partial charge in [0.15, 0.2) is 0 Å². The zero-order valence-electron chi connectivity index (χ0n) is 12.1. The third-order valence-electron chi connectivity index (χ3n) is 3.01. The minimum Gasteiger partial charge on any atom is -0.424 e. The van der Waals surface area contributed by atoms with Gasteiger partial charge < -0.3 is 9.47 Å².